The molecule has 5 nitrogen and oxygen atoms in total. The topological polar surface area (TPSA) is 76.0 Å². The van der Waals surface area contributed by atoms with Crippen molar-refractivity contribution in [2.45, 2.75) is 5.33 Å². The van der Waals surface area contributed by atoms with Gasteiger partial charge in [0.05, 0.1) is 4.92 Å². The van der Waals surface area contributed by atoms with Gasteiger partial charge in [-0.3, -0.25) is 14.9 Å². The molecule has 0 atom stereocenters. The molecule has 0 spiro atoms. The van der Waals surface area contributed by atoms with E-state index in [1.165, 1.54) is 12.3 Å². The average molecular weight is 233 g/mol. The molecule has 0 radical (unpaired) electrons. The molecule has 6 heteroatoms. The molecule has 0 saturated carbocycles. The van der Waals surface area contributed by atoms with Crippen molar-refractivity contribution in [2.24, 2.45) is 0 Å². The van der Waals surface area contributed by atoms with Gasteiger partial charge in [0.2, 0.25) is 0 Å². The standard InChI is InChI=1S/C6H5BrN2O3/c7-3-4-5(9(11)12)1-2-8-6(4)10/h1-2H,3H2,(H,8,10). The highest BCUT2D eigenvalue weighted by Crippen LogP contribution is 2.15. The van der Waals surface area contributed by atoms with Gasteiger partial charge >= 0.3 is 0 Å². The second-order valence-electron chi connectivity index (χ2n) is 2.06. The smallest absolute Gasteiger partial charge is 0.280 e. The molecule has 0 unspecified atom stereocenters. The predicted molar refractivity (Wildman–Crippen MR) is 46.3 cm³/mol. The van der Waals surface area contributed by atoms with E-state index in [-0.39, 0.29) is 16.6 Å². The zero-order chi connectivity index (χ0) is 9.14. The number of nitro groups is 1. The fraction of sp³-hybridized carbons (Fsp3) is 0.167. The Morgan fingerprint density at radius 3 is 2.75 bits per heavy atom. The van der Waals surface area contributed by atoms with Gasteiger partial charge in [0, 0.05) is 17.6 Å². The summed E-state index contributed by atoms with van der Waals surface area (Å²) in [5, 5.41) is 10.5. The fourth-order valence-corrected chi connectivity index (χ4v) is 1.34. The molecule has 12 heavy (non-hydrogen) atoms. The first-order valence-corrected chi connectivity index (χ1v) is 4.20. The SMILES string of the molecule is O=c1[nH]ccc([N+](=O)[O-])c1CBr. The third-order valence-corrected chi connectivity index (χ3v) is 1.93. The van der Waals surface area contributed by atoms with Crippen LogP contribution in [0.2, 0.25) is 0 Å². The molecule has 0 aliphatic rings. The molecule has 1 rings (SSSR count). The van der Waals surface area contributed by atoms with Crippen molar-refractivity contribution >= 4 is 21.6 Å². The van der Waals surface area contributed by atoms with E-state index in [0.29, 0.717) is 0 Å². The second-order valence-corrected chi connectivity index (χ2v) is 2.62. The maximum absolute atomic E-state index is 11.0. The maximum Gasteiger partial charge on any atom is 0.280 e. The Bertz CT molecular complexity index is 360. The Hall–Kier alpha value is -1.17. The third-order valence-electron chi connectivity index (χ3n) is 1.37. The molecular formula is C6H5BrN2O3. The number of rotatable bonds is 2. The summed E-state index contributed by atoms with van der Waals surface area (Å²) in [7, 11) is 0. The maximum atomic E-state index is 11.0. The number of hydrogen-bond donors (Lipinski definition) is 1. The Morgan fingerprint density at radius 2 is 2.33 bits per heavy atom. The van der Waals surface area contributed by atoms with Crippen LogP contribution in [0.5, 0.6) is 0 Å². The van der Waals surface area contributed by atoms with Gasteiger partial charge in [-0.15, -0.1) is 0 Å². The summed E-state index contributed by atoms with van der Waals surface area (Å²) in [4.78, 5) is 23.1. The summed E-state index contributed by atoms with van der Waals surface area (Å²) in [5.74, 6) is 0. The van der Waals surface area contributed by atoms with Gasteiger partial charge in [-0.05, 0) is 0 Å². The highest BCUT2D eigenvalue weighted by molar-refractivity contribution is 9.08. The number of nitrogens with one attached hydrogen (secondary N) is 1. The highest BCUT2D eigenvalue weighted by Gasteiger charge is 2.14. The molecule has 0 bridgehead atoms. The van der Waals surface area contributed by atoms with E-state index in [1.54, 1.807) is 0 Å². The number of pyridine rings is 1. The van der Waals surface area contributed by atoms with Gasteiger partial charge in [0.1, 0.15) is 5.56 Å². The molecule has 0 aliphatic carbocycles. The van der Waals surface area contributed by atoms with E-state index >= 15 is 0 Å². The van der Waals surface area contributed by atoms with Crippen LogP contribution in [0.4, 0.5) is 5.69 Å². The zero-order valence-corrected chi connectivity index (χ0v) is 7.50. The minimum absolute atomic E-state index is 0.141. The Morgan fingerprint density at radius 1 is 1.67 bits per heavy atom. The summed E-state index contributed by atoms with van der Waals surface area (Å²) in [6.45, 7) is 0. The first-order chi connectivity index (χ1) is 5.66. The van der Waals surface area contributed by atoms with Crippen molar-refractivity contribution in [2.75, 3.05) is 0 Å². The van der Waals surface area contributed by atoms with Gasteiger partial charge in [-0.1, -0.05) is 15.9 Å². The molecule has 1 aromatic rings. The van der Waals surface area contributed by atoms with E-state index in [9.17, 15) is 14.9 Å². The lowest BCUT2D eigenvalue weighted by molar-refractivity contribution is -0.385. The monoisotopic (exact) mass is 232 g/mol. The second kappa shape index (κ2) is 3.48. The third kappa shape index (κ3) is 1.53. The zero-order valence-electron chi connectivity index (χ0n) is 5.91. The van der Waals surface area contributed by atoms with E-state index in [1.807, 2.05) is 0 Å². The molecular weight excluding hydrogens is 228 g/mol. The summed E-state index contributed by atoms with van der Waals surface area (Å²) >= 11 is 3.00. The molecule has 0 fully saturated rings. The van der Waals surface area contributed by atoms with Crippen LogP contribution in [0.3, 0.4) is 0 Å². The Balaban J connectivity index is 3.38. The van der Waals surface area contributed by atoms with Gasteiger partial charge < -0.3 is 4.98 Å². The van der Waals surface area contributed by atoms with Crippen LogP contribution in [0.15, 0.2) is 17.1 Å². The van der Waals surface area contributed by atoms with Gasteiger partial charge in [0.15, 0.2) is 0 Å². The van der Waals surface area contributed by atoms with Crippen LogP contribution in [0.25, 0.3) is 0 Å². The van der Waals surface area contributed by atoms with Crippen LogP contribution < -0.4 is 5.56 Å². The molecule has 0 saturated heterocycles. The lowest BCUT2D eigenvalue weighted by atomic mass is 10.3. The van der Waals surface area contributed by atoms with Crippen LogP contribution in [-0.4, -0.2) is 9.91 Å². The number of aromatic nitrogens is 1. The average Bonchev–Trinajstić information content (AvgIpc) is 2.03. The van der Waals surface area contributed by atoms with E-state index in [4.69, 9.17) is 0 Å². The molecule has 64 valence electrons. The van der Waals surface area contributed by atoms with Gasteiger partial charge in [-0.25, -0.2) is 0 Å². The summed E-state index contributed by atoms with van der Waals surface area (Å²) in [6.07, 6.45) is 1.26. The molecule has 0 aromatic carbocycles. The number of halogens is 1. The lowest BCUT2D eigenvalue weighted by Gasteiger charge is -1.95. The van der Waals surface area contributed by atoms with Crippen LogP contribution in [-0.2, 0) is 5.33 Å². The van der Waals surface area contributed by atoms with Crippen molar-refractivity contribution in [1.29, 1.82) is 0 Å². The minimum atomic E-state index is -0.578. The van der Waals surface area contributed by atoms with Gasteiger partial charge in [-0.2, -0.15) is 0 Å². The summed E-state index contributed by atoms with van der Waals surface area (Å²) < 4.78 is 0. The van der Waals surface area contributed by atoms with Gasteiger partial charge in [0.25, 0.3) is 11.2 Å². The summed E-state index contributed by atoms with van der Waals surface area (Å²) in [5.41, 5.74) is -0.445. The van der Waals surface area contributed by atoms with E-state index in [0.717, 1.165) is 0 Å². The first kappa shape index (κ1) is 8.92. The number of aromatic amines is 1. The Labute approximate surface area is 75.7 Å². The molecule has 1 N–H and O–H groups in total. The molecule has 1 aromatic heterocycles. The molecule has 1 heterocycles. The van der Waals surface area contributed by atoms with Crippen LogP contribution in [0.1, 0.15) is 5.56 Å². The van der Waals surface area contributed by atoms with Crippen molar-refractivity contribution < 1.29 is 4.92 Å². The summed E-state index contributed by atoms with van der Waals surface area (Å²) in [6, 6.07) is 1.26. The lowest BCUT2D eigenvalue weighted by Crippen LogP contribution is -2.12. The van der Waals surface area contributed by atoms with Crippen molar-refractivity contribution in [3.05, 3.63) is 38.3 Å². The predicted octanol–water partition coefficient (Wildman–Crippen LogP) is 1.18. The number of H-pyrrole nitrogens is 1. The van der Waals surface area contributed by atoms with Crippen molar-refractivity contribution in [3.8, 4) is 0 Å². The van der Waals surface area contributed by atoms with Crippen molar-refractivity contribution in [3.63, 3.8) is 0 Å². The largest absolute Gasteiger partial charge is 0.328 e. The van der Waals surface area contributed by atoms with E-state index in [2.05, 4.69) is 20.9 Å². The number of alkyl halides is 1. The normalized spacial score (nSPS) is 9.75. The Kier molecular flexibility index (Phi) is 2.59. The van der Waals surface area contributed by atoms with Crippen molar-refractivity contribution in [1.82, 2.24) is 4.98 Å². The molecule has 0 aliphatic heterocycles. The van der Waals surface area contributed by atoms with E-state index < -0.39 is 10.5 Å². The number of nitrogens with zero attached hydrogens (tertiary/aromatic N) is 1. The first-order valence-electron chi connectivity index (χ1n) is 3.07. The van der Waals surface area contributed by atoms with Crippen LogP contribution in [0, 0.1) is 10.1 Å². The highest BCUT2D eigenvalue weighted by atomic mass is 79.9. The fourth-order valence-electron chi connectivity index (χ4n) is 0.801. The quantitative estimate of drug-likeness (QED) is 0.473. The number of hydrogen-bond acceptors (Lipinski definition) is 3. The van der Waals surface area contributed by atoms with Crippen LogP contribution >= 0.6 is 15.9 Å². The minimum Gasteiger partial charge on any atom is -0.328 e. The molecule has 0 amide bonds.